The smallest absolute Gasteiger partial charge is 0.206 e. The van der Waals surface area contributed by atoms with E-state index in [1.54, 1.807) is 40.1 Å². The molecule has 3 aliphatic carbocycles. The van der Waals surface area contributed by atoms with Crippen molar-refractivity contribution >= 4 is 93.1 Å². The van der Waals surface area contributed by atoms with Crippen LogP contribution in [0.5, 0.6) is 0 Å². The highest BCUT2D eigenvalue weighted by molar-refractivity contribution is 7.22. The summed E-state index contributed by atoms with van der Waals surface area (Å²) in [6, 6.07) is 26.8. The van der Waals surface area contributed by atoms with Crippen molar-refractivity contribution in [2.45, 2.75) is 62.3 Å². The zero-order chi connectivity index (χ0) is 53.9. The van der Waals surface area contributed by atoms with Gasteiger partial charge in [0, 0.05) is 106 Å². The fraction of sp³-hybridized carbons (Fsp3) is 0.429. The Morgan fingerprint density at radius 1 is 0.444 bits per heavy atom. The summed E-state index contributed by atoms with van der Waals surface area (Å²) in [7, 11) is 3.85. The van der Waals surface area contributed by atoms with Gasteiger partial charge in [0.2, 0.25) is 10.9 Å². The largest absolute Gasteiger partial charge is 0.378 e. The van der Waals surface area contributed by atoms with Gasteiger partial charge in [-0.2, -0.15) is 0 Å². The maximum absolute atomic E-state index is 13.2. The Balaban J connectivity index is 0.000000157. The predicted octanol–water partition coefficient (Wildman–Crippen LogP) is 11.3. The van der Waals surface area contributed by atoms with Gasteiger partial charge < -0.3 is 43.4 Å². The molecule has 13 rings (SSSR count). The van der Waals surface area contributed by atoms with E-state index in [2.05, 4.69) is 74.2 Å². The van der Waals surface area contributed by atoms with E-state index in [1.165, 1.54) is 17.1 Å². The lowest BCUT2D eigenvalue weighted by Gasteiger charge is -2.30. The minimum atomic E-state index is 0. The molecule has 0 unspecified atom stereocenters. The molecular weight excluding hydrogens is 1080 g/mol. The van der Waals surface area contributed by atoms with Gasteiger partial charge in [-0.3, -0.25) is 14.4 Å². The SMILES string of the molecule is C.C.C.CCc1cc2nc3ccc(N4CCOCC4)cc3sc-2c(N(C)C)c1=O.CCc1cc2nc3ccc(N4CCOCC4)cc3sc-2c(N2CCOCC2)c1=O.CCc1cc2nc3ccc(N4CCOCC4)cc3sc-2cc1=O. The molecule has 4 fully saturated rings. The van der Waals surface area contributed by atoms with Crippen LogP contribution >= 0.6 is 34.0 Å². The lowest BCUT2D eigenvalue weighted by molar-refractivity contribution is 0.122. The molecule has 81 heavy (non-hydrogen) atoms. The van der Waals surface area contributed by atoms with E-state index < -0.39 is 0 Å². The van der Waals surface area contributed by atoms with E-state index in [1.807, 2.05) is 58.0 Å². The molecule has 7 heterocycles. The minimum absolute atomic E-state index is 0. The van der Waals surface area contributed by atoms with E-state index in [0.717, 1.165) is 195 Å². The first kappa shape index (κ1) is 60.7. The second kappa shape index (κ2) is 27.1. The highest BCUT2D eigenvalue weighted by atomic mass is 32.1. The molecule has 3 aromatic rings. The third-order valence-corrected chi connectivity index (χ3v) is 18.3. The monoisotopic (exact) mass is 1150 g/mol. The van der Waals surface area contributed by atoms with Crippen molar-refractivity contribution in [2.24, 2.45) is 0 Å². The van der Waals surface area contributed by atoms with Crippen LogP contribution in [0, 0.1) is 0 Å². The van der Waals surface area contributed by atoms with E-state index in [9.17, 15) is 14.4 Å². The highest BCUT2D eigenvalue weighted by Crippen LogP contribution is 2.40. The number of aryl methyl sites for hydroxylation is 3. The Kier molecular flexibility index (Phi) is 20.3. The molecule has 0 saturated carbocycles. The average molecular weight is 1160 g/mol. The van der Waals surface area contributed by atoms with Crippen molar-refractivity contribution in [1.82, 2.24) is 15.0 Å². The van der Waals surface area contributed by atoms with Crippen molar-refractivity contribution in [3.63, 3.8) is 0 Å². The number of rotatable bonds is 8. The first-order chi connectivity index (χ1) is 38.1. The van der Waals surface area contributed by atoms with Gasteiger partial charge in [-0.1, -0.05) is 43.1 Å². The van der Waals surface area contributed by atoms with Crippen LogP contribution in [0.4, 0.5) is 28.4 Å². The van der Waals surface area contributed by atoms with Crippen LogP contribution in [0.3, 0.4) is 0 Å². The first-order valence-electron chi connectivity index (χ1n) is 27.2. The van der Waals surface area contributed by atoms with Crippen LogP contribution < -0.4 is 40.8 Å². The van der Waals surface area contributed by atoms with Crippen LogP contribution in [-0.4, -0.2) is 134 Å². The predicted molar refractivity (Wildman–Crippen MR) is 342 cm³/mol. The molecule has 4 saturated heterocycles. The lowest BCUT2D eigenvalue weighted by atomic mass is 10.1. The molecule has 3 aromatic carbocycles. The zero-order valence-electron chi connectivity index (χ0n) is 45.1. The fourth-order valence-electron chi connectivity index (χ4n) is 10.6. The first-order valence-corrected chi connectivity index (χ1v) is 29.7. The van der Waals surface area contributed by atoms with Gasteiger partial charge in [-0.25, -0.2) is 15.0 Å². The van der Waals surface area contributed by atoms with Crippen LogP contribution in [0.1, 0.15) is 59.7 Å². The number of fused-ring (bicyclic) bond motifs is 6. The van der Waals surface area contributed by atoms with Gasteiger partial charge in [0.15, 0.2) is 5.43 Å². The van der Waals surface area contributed by atoms with Crippen molar-refractivity contribution in [3.05, 3.63) is 126 Å². The third-order valence-electron chi connectivity index (χ3n) is 14.9. The van der Waals surface area contributed by atoms with Gasteiger partial charge in [0.05, 0.1) is 115 Å². The molecule has 7 aliphatic heterocycles. The summed E-state index contributed by atoms with van der Waals surface area (Å²) in [6.07, 6.45) is 2.18. The standard InChI is InChI=1S/C22H25N3O3S.C20H23N3O2S.C18H18N2O2S.3CH4/c1-2-15-13-18-22(20(21(15)26)25-7-11-28-12-8-25)29-19-14-16(3-4-17(19)23-18)24-5-9-27-10-6-24;1-4-13-11-16-20(18(19(13)24)22(2)3)26-17-12-14(5-6-15(17)21-16)23-7-9-25-10-8-23;1-2-12-9-15-18(11-16(12)21)23-17-10-13(3-4-14(17)19-15)20-5-7-22-8-6-20;;;/h3-4,13-14H,2,5-12H2,1H3;5-6,11-12H,4,7-10H2,1-3H3;3-4,9-11H,2,5-8H2,1H3;3*1H4. The Hall–Kier alpha value is -6.38. The quantitative estimate of drug-likeness (QED) is 0.133. The van der Waals surface area contributed by atoms with Crippen LogP contribution in [0.25, 0.3) is 62.4 Å². The Bertz CT molecular complexity index is 3670. The van der Waals surface area contributed by atoms with Crippen LogP contribution in [-0.2, 0) is 38.2 Å². The highest BCUT2D eigenvalue weighted by Gasteiger charge is 2.26. The molecule has 0 aromatic heterocycles. The topological polar surface area (TPSA) is 143 Å². The van der Waals surface area contributed by atoms with E-state index in [0.29, 0.717) is 19.6 Å². The fourth-order valence-corrected chi connectivity index (χ4v) is 13.9. The second-order valence-electron chi connectivity index (χ2n) is 20.0. The average Bonchev–Trinajstić information content (AvgIpc) is 3.56. The molecule has 18 heteroatoms. The van der Waals surface area contributed by atoms with Crippen molar-refractivity contribution in [1.29, 1.82) is 0 Å². The number of nitrogens with zero attached hydrogens (tertiary/aromatic N) is 8. The molecule has 0 spiro atoms. The number of benzene rings is 6. The summed E-state index contributed by atoms with van der Waals surface area (Å²) < 4.78 is 25.2. The van der Waals surface area contributed by atoms with Crippen LogP contribution in [0.2, 0.25) is 0 Å². The summed E-state index contributed by atoms with van der Waals surface area (Å²) in [4.78, 5) is 66.7. The molecule has 10 aliphatic rings. The minimum Gasteiger partial charge on any atom is -0.378 e. The molecule has 0 N–H and O–H groups in total. The van der Waals surface area contributed by atoms with Crippen molar-refractivity contribution in [3.8, 4) is 31.7 Å². The maximum atomic E-state index is 13.2. The molecule has 430 valence electrons. The number of ether oxygens (including phenoxy) is 4. The van der Waals surface area contributed by atoms with Gasteiger partial charge >= 0.3 is 0 Å². The molecule has 0 atom stereocenters. The number of hydrogen-bond acceptors (Lipinski definition) is 18. The molecular formula is C63H78N8O7S3. The normalized spacial score (nSPS) is 15.6. The van der Waals surface area contributed by atoms with E-state index in [-0.39, 0.29) is 38.6 Å². The van der Waals surface area contributed by atoms with Gasteiger partial charge in [-0.15, -0.1) is 34.0 Å². The Labute approximate surface area is 488 Å². The van der Waals surface area contributed by atoms with Gasteiger partial charge in [0.1, 0.15) is 11.4 Å². The van der Waals surface area contributed by atoms with E-state index in [4.69, 9.17) is 33.9 Å². The second-order valence-corrected chi connectivity index (χ2v) is 23.2. The lowest BCUT2D eigenvalue weighted by Crippen LogP contribution is -2.39. The van der Waals surface area contributed by atoms with Crippen LogP contribution in [0.15, 0.2) is 93.2 Å². The molecule has 0 amide bonds. The zero-order valence-corrected chi connectivity index (χ0v) is 47.6. The van der Waals surface area contributed by atoms with Gasteiger partial charge in [-0.05, 0) is 92.1 Å². The summed E-state index contributed by atoms with van der Waals surface area (Å²) in [5.41, 5.74) is 13.7. The number of anilines is 5. The van der Waals surface area contributed by atoms with E-state index >= 15 is 0 Å². The maximum Gasteiger partial charge on any atom is 0.206 e. The number of morpholine rings is 4. The summed E-state index contributed by atoms with van der Waals surface area (Å²) >= 11 is 4.98. The Morgan fingerprint density at radius 3 is 1.25 bits per heavy atom. The number of aromatic nitrogens is 3. The summed E-state index contributed by atoms with van der Waals surface area (Å²) in [5, 5.41) is 0. The molecule has 0 radical (unpaired) electrons. The third kappa shape index (κ3) is 13.0. The summed E-state index contributed by atoms with van der Waals surface area (Å²) in [6.45, 7) is 18.9. The molecule has 15 nitrogen and oxygen atoms in total. The molecule has 0 bridgehead atoms. The summed E-state index contributed by atoms with van der Waals surface area (Å²) in [5.74, 6) is 0. The van der Waals surface area contributed by atoms with Crippen molar-refractivity contribution < 1.29 is 18.9 Å². The van der Waals surface area contributed by atoms with Gasteiger partial charge in [0.25, 0.3) is 0 Å². The Morgan fingerprint density at radius 2 is 0.815 bits per heavy atom. The van der Waals surface area contributed by atoms with Crippen molar-refractivity contribution in [2.75, 3.05) is 144 Å². The number of hydrogen-bond donors (Lipinski definition) is 0.